The van der Waals surface area contributed by atoms with Crippen LogP contribution in [-0.2, 0) is 9.53 Å². The minimum atomic E-state index is -1.03. The first-order valence-corrected chi connectivity index (χ1v) is 9.11. The van der Waals surface area contributed by atoms with Gasteiger partial charge in [0.15, 0.2) is 6.10 Å². The van der Waals surface area contributed by atoms with Crippen LogP contribution in [0.3, 0.4) is 0 Å². The Labute approximate surface area is 158 Å². The number of benzene rings is 2. The Morgan fingerprint density at radius 1 is 1.07 bits per heavy atom. The molecule has 3 aromatic rings. The molecule has 140 valence electrons. The molecule has 1 heterocycles. The molecule has 0 bridgehead atoms. The van der Waals surface area contributed by atoms with E-state index in [1.807, 2.05) is 0 Å². The summed E-state index contributed by atoms with van der Waals surface area (Å²) >= 11 is 1.10. The van der Waals surface area contributed by atoms with Crippen LogP contribution in [0.1, 0.15) is 35.1 Å². The van der Waals surface area contributed by atoms with Gasteiger partial charge in [0.25, 0.3) is 5.91 Å². The number of carbonyl (C=O) groups is 2. The average molecular weight is 389 g/mol. The monoisotopic (exact) mass is 389 g/mol. The van der Waals surface area contributed by atoms with Gasteiger partial charge < -0.3 is 10.1 Å². The summed E-state index contributed by atoms with van der Waals surface area (Å²) in [4.78, 5) is 24.8. The highest BCUT2D eigenvalue weighted by molar-refractivity contribution is 7.20. The molecule has 4 nitrogen and oxygen atoms in total. The van der Waals surface area contributed by atoms with Gasteiger partial charge >= 0.3 is 5.97 Å². The van der Waals surface area contributed by atoms with Crippen LogP contribution in [0.15, 0.2) is 48.5 Å². The summed E-state index contributed by atoms with van der Waals surface area (Å²) < 4.78 is 32.6. The summed E-state index contributed by atoms with van der Waals surface area (Å²) in [5.74, 6) is -1.94. The number of rotatable bonds is 5. The molecule has 1 aromatic heterocycles. The highest BCUT2D eigenvalue weighted by Gasteiger charge is 2.22. The van der Waals surface area contributed by atoms with Gasteiger partial charge in [-0.3, -0.25) is 4.79 Å². The molecule has 0 radical (unpaired) electrons. The van der Waals surface area contributed by atoms with E-state index in [9.17, 15) is 18.4 Å². The first kappa shape index (κ1) is 19.0. The van der Waals surface area contributed by atoms with Crippen molar-refractivity contribution in [2.45, 2.75) is 26.0 Å². The third kappa shape index (κ3) is 4.31. The van der Waals surface area contributed by atoms with Gasteiger partial charge in [0.2, 0.25) is 0 Å². The highest BCUT2D eigenvalue weighted by atomic mass is 32.1. The Bertz CT molecular complexity index is 985. The molecular weight excluding hydrogens is 372 g/mol. The maximum absolute atomic E-state index is 13.8. The SMILES string of the molecule is CC(OC(=O)c1cc2c(F)cccc2s1)C(=O)NC(C)c1ccc(F)cc1. The number of esters is 1. The summed E-state index contributed by atoms with van der Waals surface area (Å²) in [5, 5.41) is 3.06. The van der Waals surface area contributed by atoms with E-state index >= 15 is 0 Å². The van der Waals surface area contributed by atoms with Gasteiger partial charge in [-0.05, 0) is 49.7 Å². The van der Waals surface area contributed by atoms with E-state index in [4.69, 9.17) is 4.74 Å². The molecule has 0 saturated carbocycles. The number of hydrogen-bond donors (Lipinski definition) is 1. The van der Waals surface area contributed by atoms with Crippen LogP contribution in [0.4, 0.5) is 8.78 Å². The van der Waals surface area contributed by atoms with Crippen molar-refractivity contribution >= 4 is 33.3 Å². The summed E-state index contributed by atoms with van der Waals surface area (Å²) in [6, 6.07) is 11.4. The molecule has 2 unspecified atom stereocenters. The molecule has 2 aromatic carbocycles. The minimum absolute atomic E-state index is 0.223. The Morgan fingerprint density at radius 2 is 1.78 bits per heavy atom. The van der Waals surface area contributed by atoms with Gasteiger partial charge in [-0.2, -0.15) is 0 Å². The number of thiophene rings is 1. The van der Waals surface area contributed by atoms with E-state index in [0.717, 1.165) is 16.9 Å². The molecule has 7 heteroatoms. The van der Waals surface area contributed by atoms with E-state index < -0.39 is 23.8 Å². The zero-order valence-corrected chi connectivity index (χ0v) is 15.5. The molecule has 1 amide bonds. The fourth-order valence-electron chi connectivity index (χ4n) is 2.56. The standard InChI is InChI=1S/C20H17F2NO3S/c1-11(13-6-8-14(21)9-7-13)23-19(24)12(2)26-20(25)18-10-15-16(22)4-3-5-17(15)27-18/h3-12H,1-2H3,(H,23,24). The van der Waals surface area contributed by atoms with Gasteiger partial charge in [-0.25, -0.2) is 13.6 Å². The number of halogens is 2. The van der Waals surface area contributed by atoms with Gasteiger partial charge in [0.1, 0.15) is 16.5 Å². The lowest BCUT2D eigenvalue weighted by Crippen LogP contribution is -2.37. The molecule has 2 atom stereocenters. The second-order valence-electron chi connectivity index (χ2n) is 6.09. The van der Waals surface area contributed by atoms with Crippen molar-refractivity contribution in [1.82, 2.24) is 5.32 Å². The number of fused-ring (bicyclic) bond motifs is 1. The number of ether oxygens (including phenoxy) is 1. The summed E-state index contributed by atoms with van der Waals surface area (Å²) in [7, 11) is 0. The topological polar surface area (TPSA) is 55.4 Å². The van der Waals surface area contributed by atoms with Crippen molar-refractivity contribution in [3.8, 4) is 0 Å². The van der Waals surface area contributed by atoms with Crippen LogP contribution in [0.5, 0.6) is 0 Å². The Balaban J connectivity index is 1.63. The van der Waals surface area contributed by atoms with E-state index in [-0.39, 0.29) is 16.7 Å². The second-order valence-corrected chi connectivity index (χ2v) is 7.18. The molecule has 0 fully saturated rings. The summed E-state index contributed by atoms with van der Waals surface area (Å²) in [6.07, 6.45) is -1.03. The summed E-state index contributed by atoms with van der Waals surface area (Å²) in [6.45, 7) is 3.20. The average Bonchev–Trinajstić information content (AvgIpc) is 3.08. The van der Waals surface area contributed by atoms with E-state index in [0.29, 0.717) is 10.1 Å². The summed E-state index contributed by atoms with van der Waals surface area (Å²) in [5.41, 5.74) is 0.725. The van der Waals surface area contributed by atoms with Crippen molar-refractivity contribution < 1.29 is 23.1 Å². The third-order valence-electron chi connectivity index (χ3n) is 4.09. The molecule has 0 aliphatic heterocycles. The lowest BCUT2D eigenvalue weighted by molar-refractivity contribution is -0.129. The van der Waals surface area contributed by atoms with Crippen LogP contribution >= 0.6 is 11.3 Å². The number of hydrogen-bond acceptors (Lipinski definition) is 4. The molecule has 0 aliphatic rings. The van der Waals surface area contributed by atoms with E-state index in [2.05, 4.69) is 5.32 Å². The molecular formula is C20H17F2NO3S. The molecule has 0 saturated heterocycles. The first-order valence-electron chi connectivity index (χ1n) is 8.30. The van der Waals surface area contributed by atoms with Gasteiger partial charge in [0, 0.05) is 10.1 Å². The largest absolute Gasteiger partial charge is 0.448 e. The number of carbonyl (C=O) groups excluding carboxylic acids is 2. The lowest BCUT2D eigenvalue weighted by Gasteiger charge is -2.18. The molecule has 0 aliphatic carbocycles. The van der Waals surface area contributed by atoms with Crippen molar-refractivity contribution in [3.05, 3.63) is 70.6 Å². The smallest absolute Gasteiger partial charge is 0.349 e. The maximum atomic E-state index is 13.8. The Kier molecular flexibility index (Phi) is 5.51. The van der Waals surface area contributed by atoms with Crippen LogP contribution in [-0.4, -0.2) is 18.0 Å². The normalized spacial score (nSPS) is 13.2. The number of amides is 1. The number of nitrogens with one attached hydrogen (secondary N) is 1. The van der Waals surface area contributed by atoms with Crippen molar-refractivity contribution in [2.24, 2.45) is 0 Å². The van der Waals surface area contributed by atoms with Crippen molar-refractivity contribution in [2.75, 3.05) is 0 Å². The van der Waals surface area contributed by atoms with Gasteiger partial charge in [-0.1, -0.05) is 18.2 Å². The zero-order valence-electron chi connectivity index (χ0n) is 14.7. The second kappa shape index (κ2) is 7.84. The Morgan fingerprint density at radius 3 is 2.44 bits per heavy atom. The van der Waals surface area contributed by atoms with Gasteiger partial charge in [-0.15, -0.1) is 11.3 Å². The quantitative estimate of drug-likeness (QED) is 0.649. The molecule has 0 spiro atoms. The predicted octanol–water partition coefficient (Wildman–Crippen LogP) is 4.60. The van der Waals surface area contributed by atoms with Crippen LogP contribution in [0.25, 0.3) is 10.1 Å². The van der Waals surface area contributed by atoms with Crippen LogP contribution in [0, 0.1) is 11.6 Å². The third-order valence-corrected chi connectivity index (χ3v) is 5.17. The minimum Gasteiger partial charge on any atom is -0.448 e. The molecule has 3 rings (SSSR count). The van der Waals surface area contributed by atoms with E-state index in [1.54, 1.807) is 31.2 Å². The van der Waals surface area contributed by atoms with Gasteiger partial charge in [0.05, 0.1) is 6.04 Å². The fraction of sp³-hybridized carbons (Fsp3) is 0.200. The van der Waals surface area contributed by atoms with Crippen LogP contribution in [0.2, 0.25) is 0 Å². The molecule has 27 heavy (non-hydrogen) atoms. The maximum Gasteiger partial charge on any atom is 0.349 e. The first-order chi connectivity index (χ1) is 12.8. The molecule has 1 N–H and O–H groups in total. The predicted molar refractivity (Wildman–Crippen MR) is 99.6 cm³/mol. The highest BCUT2D eigenvalue weighted by Crippen LogP contribution is 2.28. The zero-order chi connectivity index (χ0) is 19.6. The van der Waals surface area contributed by atoms with Crippen LogP contribution < -0.4 is 5.32 Å². The Hall–Kier alpha value is -2.80. The van der Waals surface area contributed by atoms with Crippen molar-refractivity contribution in [3.63, 3.8) is 0 Å². The fourth-order valence-corrected chi connectivity index (χ4v) is 3.52. The lowest BCUT2D eigenvalue weighted by atomic mass is 10.1. The van der Waals surface area contributed by atoms with Crippen molar-refractivity contribution in [1.29, 1.82) is 0 Å². The van der Waals surface area contributed by atoms with E-state index in [1.165, 1.54) is 31.2 Å².